The summed E-state index contributed by atoms with van der Waals surface area (Å²) >= 11 is 0. The van der Waals surface area contributed by atoms with Crippen LogP contribution in [0.5, 0.6) is 0 Å². The summed E-state index contributed by atoms with van der Waals surface area (Å²) < 4.78 is 15.6. The number of benzene rings is 8. The maximum absolute atomic E-state index is 6.63. The van der Waals surface area contributed by atoms with Gasteiger partial charge in [-0.15, -0.1) is 0 Å². The summed E-state index contributed by atoms with van der Waals surface area (Å²) in [5, 5.41) is 8.34. The van der Waals surface area contributed by atoms with Crippen LogP contribution in [0.15, 0.2) is 219 Å². The third-order valence-electron chi connectivity index (χ3n) is 14.3. The maximum atomic E-state index is 6.63. The molecule has 11 aromatic rings. The van der Waals surface area contributed by atoms with E-state index >= 15 is 0 Å². The molecule has 3 aromatic heterocycles. The molecule has 1 aliphatic heterocycles. The van der Waals surface area contributed by atoms with E-state index < -0.39 is 6.17 Å². The van der Waals surface area contributed by atoms with Crippen molar-refractivity contribution in [1.82, 2.24) is 9.88 Å². The number of allylic oxidation sites excluding steroid dienone is 2. The summed E-state index contributed by atoms with van der Waals surface area (Å²) in [7, 11) is 0. The number of nitrogens with zero attached hydrogens (tertiary/aromatic N) is 3. The highest BCUT2D eigenvalue weighted by Crippen LogP contribution is 2.43. The minimum absolute atomic E-state index is 0.144. The average Bonchev–Trinajstić information content (AvgIpc) is 4.11. The Kier molecular flexibility index (Phi) is 9.12. The molecular weight excluding hydrogens is 845 g/mol. The molecule has 69 heavy (non-hydrogen) atoms. The molecule has 6 heteroatoms. The number of aromatic nitrogens is 1. The first-order valence-corrected chi connectivity index (χ1v) is 23.9. The first-order valence-electron chi connectivity index (χ1n) is 23.9. The molecule has 0 fully saturated rings. The minimum Gasteiger partial charge on any atom is -0.456 e. The van der Waals surface area contributed by atoms with Gasteiger partial charge >= 0.3 is 0 Å². The number of furan rings is 2. The van der Waals surface area contributed by atoms with Gasteiger partial charge in [-0.1, -0.05) is 152 Å². The Balaban J connectivity index is 0.809. The van der Waals surface area contributed by atoms with Crippen LogP contribution in [0.2, 0.25) is 0 Å². The van der Waals surface area contributed by atoms with Crippen LogP contribution in [0, 0.1) is 0 Å². The lowest BCUT2D eigenvalue weighted by Gasteiger charge is -2.23. The number of para-hydroxylation sites is 3. The molecular formula is C63H44N4O2. The van der Waals surface area contributed by atoms with Crippen LogP contribution >= 0.6 is 0 Å². The van der Waals surface area contributed by atoms with Crippen LogP contribution in [-0.4, -0.2) is 16.2 Å². The van der Waals surface area contributed by atoms with Crippen LogP contribution in [0.1, 0.15) is 63.4 Å². The largest absolute Gasteiger partial charge is 0.456 e. The Bertz CT molecular complexity index is 3980. The SMILES string of the molecule is C1=Cc2oc3c(C4=NC(c5cccc6oc7c(c56)CC(c5cccc(-c6cccc(-c8ccc9c(c8)c8ccccc8n9-c8ccccc8)c6)c5)C=C7)N=C(c5ccccc5)N4)cccc3c2CC1. The quantitative estimate of drug-likeness (QED) is 0.173. The molecule has 0 saturated carbocycles. The van der Waals surface area contributed by atoms with E-state index in [1.807, 2.05) is 18.2 Å². The van der Waals surface area contributed by atoms with Gasteiger partial charge in [0.15, 0.2) is 6.17 Å². The number of amidine groups is 2. The zero-order valence-corrected chi connectivity index (χ0v) is 37.6. The molecule has 0 saturated heterocycles. The van der Waals surface area contributed by atoms with Gasteiger partial charge in [-0.25, -0.2) is 9.98 Å². The van der Waals surface area contributed by atoms with Gasteiger partial charge in [0.1, 0.15) is 34.4 Å². The number of aryl methyl sites for hydroxylation is 1. The van der Waals surface area contributed by atoms with Crippen molar-refractivity contribution < 1.29 is 8.83 Å². The molecule has 3 aliphatic rings. The van der Waals surface area contributed by atoms with Crippen LogP contribution in [0.25, 0.3) is 83.8 Å². The average molecular weight is 889 g/mol. The van der Waals surface area contributed by atoms with E-state index in [9.17, 15) is 0 Å². The Morgan fingerprint density at radius 3 is 2.10 bits per heavy atom. The molecule has 0 amide bonds. The van der Waals surface area contributed by atoms with Gasteiger partial charge in [0.25, 0.3) is 0 Å². The molecule has 4 heterocycles. The molecule has 0 bridgehead atoms. The van der Waals surface area contributed by atoms with Gasteiger partial charge in [-0.05, 0) is 108 Å². The van der Waals surface area contributed by atoms with Crippen molar-refractivity contribution in [1.29, 1.82) is 0 Å². The predicted molar refractivity (Wildman–Crippen MR) is 282 cm³/mol. The van der Waals surface area contributed by atoms with Crippen LogP contribution in [-0.2, 0) is 12.8 Å². The standard InChI is InChI=1S/C63H44N4O2/c1-3-15-39(16-4-1)61-64-62(66-63(65-61)51-27-13-25-49-48-24-8-10-29-56(48)69-60(49)51)50-26-14-30-58-59(50)53-38-45(32-34-57(53)68-58)43-20-12-18-41(36-43)40-17-11-19-42(35-40)44-31-33-55-52(37-44)47-23-7-9-28-54(47)67(55)46-21-5-2-6-22-46/h1-7,9-23,25-37,45,62H,8,24,38H2,(H,64,65,66). The number of hydrogen-bond acceptors (Lipinski definition) is 5. The minimum atomic E-state index is -0.523. The van der Waals surface area contributed by atoms with Crippen molar-refractivity contribution in [3.8, 4) is 27.9 Å². The van der Waals surface area contributed by atoms with E-state index in [4.69, 9.17) is 18.8 Å². The summed E-state index contributed by atoms with van der Waals surface area (Å²) in [6, 6.07) is 67.2. The number of rotatable bonds is 7. The number of nitrogens with one attached hydrogen (secondary N) is 1. The summed E-state index contributed by atoms with van der Waals surface area (Å²) in [5.41, 5.74) is 16.7. The summed E-state index contributed by atoms with van der Waals surface area (Å²) in [6.45, 7) is 0. The van der Waals surface area contributed by atoms with E-state index in [0.29, 0.717) is 0 Å². The molecule has 1 N–H and O–H groups in total. The third-order valence-corrected chi connectivity index (χ3v) is 14.3. The number of hydrogen-bond donors (Lipinski definition) is 1. The van der Waals surface area contributed by atoms with E-state index in [2.05, 4.69) is 204 Å². The maximum Gasteiger partial charge on any atom is 0.170 e. The van der Waals surface area contributed by atoms with Crippen molar-refractivity contribution >= 4 is 67.6 Å². The van der Waals surface area contributed by atoms with Crippen molar-refractivity contribution in [2.24, 2.45) is 9.98 Å². The van der Waals surface area contributed by atoms with Crippen LogP contribution in [0.3, 0.4) is 0 Å². The fraction of sp³-hybridized carbons (Fsp3) is 0.0794. The summed E-state index contributed by atoms with van der Waals surface area (Å²) in [4.78, 5) is 10.7. The molecule has 0 spiro atoms. The first kappa shape index (κ1) is 39.4. The van der Waals surface area contributed by atoms with Crippen molar-refractivity contribution in [2.75, 3.05) is 0 Å². The second-order valence-corrected chi connectivity index (χ2v) is 18.3. The molecule has 328 valence electrons. The Morgan fingerprint density at radius 1 is 0.522 bits per heavy atom. The Morgan fingerprint density at radius 2 is 1.22 bits per heavy atom. The van der Waals surface area contributed by atoms with Crippen LogP contribution < -0.4 is 5.32 Å². The highest BCUT2D eigenvalue weighted by molar-refractivity contribution is 6.19. The second-order valence-electron chi connectivity index (χ2n) is 18.3. The Hall–Kier alpha value is -8.74. The second kappa shape index (κ2) is 16.0. The topological polar surface area (TPSA) is 68.0 Å². The fourth-order valence-electron chi connectivity index (χ4n) is 11.0. The first-order chi connectivity index (χ1) is 34.2. The molecule has 6 nitrogen and oxygen atoms in total. The molecule has 8 aromatic carbocycles. The number of fused-ring (bicyclic) bond motifs is 9. The zero-order chi connectivity index (χ0) is 45.4. The highest BCUT2D eigenvalue weighted by Gasteiger charge is 2.29. The lowest BCUT2D eigenvalue weighted by Crippen LogP contribution is -2.36. The smallest absolute Gasteiger partial charge is 0.170 e. The van der Waals surface area contributed by atoms with Gasteiger partial charge in [0.2, 0.25) is 0 Å². The highest BCUT2D eigenvalue weighted by atomic mass is 16.3. The molecule has 14 rings (SSSR count). The van der Waals surface area contributed by atoms with Crippen LogP contribution in [0.4, 0.5) is 0 Å². The third kappa shape index (κ3) is 6.62. The molecule has 2 atom stereocenters. The van der Waals surface area contributed by atoms with Gasteiger partial charge in [-0.3, -0.25) is 0 Å². The molecule has 2 aliphatic carbocycles. The predicted octanol–water partition coefficient (Wildman–Crippen LogP) is 15.4. The monoisotopic (exact) mass is 888 g/mol. The van der Waals surface area contributed by atoms with E-state index in [0.717, 1.165) is 86.8 Å². The lowest BCUT2D eigenvalue weighted by atomic mass is 9.85. The van der Waals surface area contributed by atoms with Gasteiger partial charge in [-0.2, -0.15) is 0 Å². The van der Waals surface area contributed by atoms with Crippen molar-refractivity contribution in [3.63, 3.8) is 0 Å². The zero-order valence-electron chi connectivity index (χ0n) is 37.6. The Labute approximate surface area is 398 Å². The van der Waals surface area contributed by atoms with Crippen molar-refractivity contribution in [2.45, 2.75) is 31.3 Å². The van der Waals surface area contributed by atoms with Crippen molar-refractivity contribution in [3.05, 3.63) is 245 Å². The summed E-state index contributed by atoms with van der Waals surface area (Å²) in [5.74, 6) is 3.47. The van der Waals surface area contributed by atoms with E-state index in [1.165, 1.54) is 60.8 Å². The molecule has 0 radical (unpaired) electrons. The van der Waals surface area contributed by atoms with Gasteiger partial charge in [0.05, 0.1) is 16.6 Å². The van der Waals surface area contributed by atoms with Gasteiger partial charge in [0, 0.05) is 55.4 Å². The number of aliphatic imine (C=N–C) groups is 2. The van der Waals surface area contributed by atoms with E-state index in [-0.39, 0.29) is 5.92 Å². The fourth-order valence-corrected chi connectivity index (χ4v) is 11.0. The molecule has 2 unspecified atom stereocenters. The summed E-state index contributed by atoms with van der Waals surface area (Å²) in [6.07, 6.45) is 11.0. The lowest BCUT2D eigenvalue weighted by molar-refractivity contribution is 0.591. The normalized spacial score (nSPS) is 16.4. The van der Waals surface area contributed by atoms with Gasteiger partial charge < -0.3 is 18.7 Å². The van der Waals surface area contributed by atoms with E-state index in [1.54, 1.807) is 0 Å².